The van der Waals surface area contributed by atoms with Crippen molar-refractivity contribution < 1.29 is 9.59 Å². The second-order valence-electron chi connectivity index (χ2n) is 12.0. The first kappa shape index (κ1) is 23.0. The van der Waals surface area contributed by atoms with Crippen molar-refractivity contribution in [3.63, 3.8) is 0 Å². The maximum absolute atomic E-state index is 11.6. The van der Waals surface area contributed by atoms with Crippen LogP contribution < -0.4 is 0 Å². The zero-order valence-corrected chi connectivity index (χ0v) is 19.8. The Labute approximate surface area is 180 Å². The number of fused-ring (bicyclic) bond motifs is 3. The molecule has 0 aromatic rings. The highest BCUT2D eigenvalue weighted by atomic mass is 16.1. The molecule has 8 atom stereocenters. The van der Waals surface area contributed by atoms with Gasteiger partial charge in [-0.2, -0.15) is 0 Å². The maximum Gasteiger partial charge on any atom is 0.120 e. The smallest absolute Gasteiger partial charge is 0.120 e. The van der Waals surface area contributed by atoms with Gasteiger partial charge in [-0.25, -0.2) is 0 Å². The minimum Gasteiger partial charge on any atom is -0.303 e. The molecule has 0 heterocycles. The Kier molecular flexibility index (Phi) is 7.32. The molecule has 3 aliphatic carbocycles. The van der Waals surface area contributed by atoms with Crippen molar-refractivity contribution in [2.75, 3.05) is 0 Å². The average molecular weight is 403 g/mol. The van der Waals surface area contributed by atoms with Crippen molar-refractivity contribution >= 4 is 12.6 Å². The van der Waals surface area contributed by atoms with Gasteiger partial charge in [-0.05, 0) is 90.8 Å². The fourth-order valence-corrected chi connectivity index (χ4v) is 8.56. The van der Waals surface area contributed by atoms with Gasteiger partial charge in [0.05, 0.1) is 0 Å². The molecule has 0 aromatic heterocycles. The van der Waals surface area contributed by atoms with Crippen LogP contribution in [-0.2, 0) is 9.59 Å². The van der Waals surface area contributed by atoms with E-state index in [9.17, 15) is 9.59 Å². The average Bonchev–Trinajstić information content (AvgIpc) is 3.01. The molecule has 3 aliphatic rings. The van der Waals surface area contributed by atoms with Crippen LogP contribution in [0.1, 0.15) is 105 Å². The van der Waals surface area contributed by atoms with E-state index in [0.717, 1.165) is 48.6 Å². The first-order valence-corrected chi connectivity index (χ1v) is 12.6. The highest BCUT2D eigenvalue weighted by molar-refractivity contribution is 5.53. The van der Waals surface area contributed by atoms with E-state index in [1.165, 1.54) is 51.4 Å². The summed E-state index contributed by atoms with van der Waals surface area (Å²) in [5.41, 5.74) is 0.534. The van der Waals surface area contributed by atoms with Crippen LogP contribution in [-0.4, -0.2) is 12.6 Å². The second-order valence-corrected chi connectivity index (χ2v) is 12.0. The molecule has 0 saturated heterocycles. The second kappa shape index (κ2) is 9.23. The van der Waals surface area contributed by atoms with Crippen LogP contribution in [0.4, 0.5) is 0 Å². The topological polar surface area (TPSA) is 34.1 Å². The van der Waals surface area contributed by atoms with Gasteiger partial charge >= 0.3 is 0 Å². The van der Waals surface area contributed by atoms with Crippen molar-refractivity contribution in [2.24, 2.45) is 52.3 Å². The van der Waals surface area contributed by atoms with E-state index < -0.39 is 0 Å². The van der Waals surface area contributed by atoms with E-state index in [-0.39, 0.29) is 5.41 Å². The van der Waals surface area contributed by atoms with Gasteiger partial charge in [0, 0.05) is 12.8 Å². The van der Waals surface area contributed by atoms with Crippen LogP contribution in [0.2, 0.25) is 0 Å². The molecule has 0 N–H and O–H groups in total. The Balaban J connectivity index is 1.75. The summed E-state index contributed by atoms with van der Waals surface area (Å²) in [4.78, 5) is 22.9. The number of hydrogen-bond acceptors (Lipinski definition) is 2. The summed E-state index contributed by atoms with van der Waals surface area (Å²) in [6, 6.07) is 0. The van der Waals surface area contributed by atoms with Gasteiger partial charge in [0.25, 0.3) is 0 Å². The predicted octanol–water partition coefficient (Wildman–Crippen LogP) is 7.10. The van der Waals surface area contributed by atoms with E-state index in [0.29, 0.717) is 30.1 Å². The number of aldehydes is 2. The molecule has 3 fully saturated rings. The van der Waals surface area contributed by atoms with Gasteiger partial charge in [0.2, 0.25) is 0 Å². The lowest BCUT2D eigenvalue weighted by Gasteiger charge is -2.59. The third kappa shape index (κ3) is 4.24. The van der Waals surface area contributed by atoms with Gasteiger partial charge in [-0.1, -0.05) is 53.9 Å². The van der Waals surface area contributed by atoms with Crippen molar-refractivity contribution in [3.8, 4) is 0 Å². The Morgan fingerprint density at radius 3 is 2.31 bits per heavy atom. The minimum absolute atomic E-state index is 0.0356. The molecule has 166 valence electrons. The van der Waals surface area contributed by atoms with Crippen LogP contribution in [0, 0.1) is 52.3 Å². The summed E-state index contributed by atoms with van der Waals surface area (Å²) in [5.74, 6) is 5.19. The van der Waals surface area contributed by atoms with E-state index in [2.05, 4.69) is 34.6 Å². The summed E-state index contributed by atoms with van der Waals surface area (Å²) in [6.07, 6.45) is 15.5. The lowest BCUT2D eigenvalue weighted by atomic mass is 9.46. The highest BCUT2D eigenvalue weighted by Gasteiger charge is 2.59. The molecular formula is C27H46O2. The van der Waals surface area contributed by atoms with Crippen molar-refractivity contribution in [3.05, 3.63) is 0 Å². The molecule has 0 amide bonds. The number of hydrogen-bond donors (Lipinski definition) is 0. The third-order valence-electron chi connectivity index (χ3n) is 10.2. The highest BCUT2D eigenvalue weighted by Crippen LogP contribution is 2.67. The monoisotopic (exact) mass is 402 g/mol. The quantitative estimate of drug-likeness (QED) is 0.385. The van der Waals surface area contributed by atoms with Crippen molar-refractivity contribution in [2.45, 2.75) is 105 Å². The Hall–Kier alpha value is -0.660. The first-order chi connectivity index (χ1) is 13.8. The molecule has 3 rings (SSSR count). The first-order valence-electron chi connectivity index (χ1n) is 12.6. The minimum atomic E-state index is 0.0356. The summed E-state index contributed by atoms with van der Waals surface area (Å²) in [6.45, 7) is 12.2. The Morgan fingerprint density at radius 2 is 1.66 bits per heavy atom. The fraction of sp³-hybridized carbons (Fsp3) is 0.926. The molecule has 2 nitrogen and oxygen atoms in total. The van der Waals surface area contributed by atoms with E-state index in [1.807, 2.05) is 0 Å². The van der Waals surface area contributed by atoms with Crippen LogP contribution in [0.3, 0.4) is 0 Å². The number of rotatable bonds is 9. The molecule has 0 radical (unpaired) electrons. The molecule has 0 bridgehead atoms. The largest absolute Gasteiger partial charge is 0.303 e. The predicted molar refractivity (Wildman–Crippen MR) is 121 cm³/mol. The molecular weight excluding hydrogens is 356 g/mol. The van der Waals surface area contributed by atoms with E-state index in [4.69, 9.17) is 0 Å². The van der Waals surface area contributed by atoms with Crippen molar-refractivity contribution in [1.82, 2.24) is 0 Å². The maximum atomic E-state index is 11.6. The SMILES string of the molecule is CC(C)CCC[C@@H](C)[C@H]1CC[C@H]2[C@@H]3CC[C@@H](CC=O)[C@](C)(CC=O)[C@H]3CC[C@]12C. The molecule has 0 spiro atoms. The molecule has 0 aromatic carbocycles. The summed E-state index contributed by atoms with van der Waals surface area (Å²) >= 11 is 0. The van der Waals surface area contributed by atoms with Gasteiger partial charge in [-0.3, -0.25) is 0 Å². The van der Waals surface area contributed by atoms with Crippen LogP contribution in [0.25, 0.3) is 0 Å². The summed E-state index contributed by atoms with van der Waals surface area (Å²) < 4.78 is 0. The molecule has 29 heavy (non-hydrogen) atoms. The number of carbonyl (C=O) groups is 2. The molecule has 2 heteroatoms. The Morgan fingerprint density at radius 1 is 0.897 bits per heavy atom. The van der Waals surface area contributed by atoms with E-state index >= 15 is 0 Å². The van der Waals surface area contributed by atoms with Gasteiger partial charge in [0.1, 0.15) is 12.6 Å². The standard InChI is InChI=1S/C27H46O2/c1-19(2)7-6-8-20(3)23-11-12-24-22-10-9-21(14-17-28)26(4,16-18-29)25(22)13-15-27(23,24)5/h17-25H,6-16H2,1-5H3/t20-,21+,22+,23-,24+,25+,26+,27-/m1/s1. The van der Waals surface area contributed by atoms with E-state index in [1.54, 1.807) is 0 Å². The lowest BCUT2D eigenvalue weighted by Crippen LogP contribution is -2.52. The van der Waals surface area contributed by atoms with Crippen LogP contribution in [0.15, 0.2) is 0 Å². The third-order valence-corrected chi connectivity index (χ3v) is 10.2. The van der Waals surface area contributed by atoms with Gasteiger partial charge < -0.3 is 9.59 Å². The molecule has 0 aliphatic heterocycles. The summed E-state index contributed by atoms with van der Waals surface area (Å²) in [7, 11) is 0. The van der Waals surface area contributed by atoms with Gasteiger partial charge in [-0.15, -0.1) is 0 Å². The number of carbonyl (C=O) groups excluding carboxylic acids is 2. The Bertz CT molecular complexity index is 569. The molecule has 0 unspecified atom stereocenters. The summed E-state index contributed by atoms with van der Waals surface area (Å²) in [5, 5.41) is 0. The van der Waals surface area contributed by atoms with Crippen LogP contribution >= 0.6 is 0 Å². The normalized spacial score (nSPS) is 42.9. The van der Waals surface area contributed by atoms with Crippen LogP contribution in [0.5, 0.6) is 0 Å². The molecule has 3 saturated carbocycles. The zero-order valence-electron chi connectivity index (χ0n) is 19.8. The zero-order chi connectivity index (χ0) is 21.2. The van der Waals surface area contributed by atoms with Gasteiger partial charge in [0.15, 0.2) is 0 Å². The fourth-order valence-electron chi connectivity index (χ4n) is 8.56. The lowest BCUT2D eigenvalue weighted by molar-refractivity contribution is -0.128. The van der Waals surface area contributed by atoms with Crippen molar-refractivity contribution in [1.29, 1.82) is 0 Å².